The molecule has 0 atom stereocenters. The van der Waals surface area contributed by atoms with Gasteiger partial charge in [0, 0.05) is 31.5 Å². The lowest BCUT2D eigenvalue weighted by Gasteiger charge is -2.36. The second-order valence-corrected chi connectivity index (χ2v) is 7.24. The molecule has 1 aromatic heterocycles. The Balaban J connectivity index is 1.99. The van der Waals surface area contributed by atoms with Crippen molar-refractivity contribution in [3.8, 4) is 0 Å². The Morgan fingerprint density at radius 1 is 1.32 bits per heavy atom. The minimum absolute atomic E-state index is 0.203. The minimum Gasteiger partial charge on any atom is -0.395 e. The van der Waals surface area contributed by atoms with E-state index in [1.807, 2.05) is 13.1 Å². The topological polar surface area (TPSA) is 52.1 Å². The largest absolute Gasteiger partial charge is 0.395 e. The molecule has 124 valence electrons. The van der Waals surface area contributed by atoms with Gasteiger partial charge in [-0.1, -0.05) is 25.0 Å². The SMILES string of the molecule is CC1=C(CCN(CCO)Cc2cnc(C)[nH]2)C(C)(C)CCC1. The van der Waals surface area contributed by atoms with Gasteiger partial charge in [0.15, 0.2) is 0 Å². The van der Waals surface area contributed by atoms with Crippen LogP contribution in [0.2, 0.25) is 0 Å². The van der Waals surface area contributed by atoms with Crippen molar-refractivity contribution in [2.24, 2.45) is 5.41 Å². The van der Waals surface area contributed by atoms with Crippen LogP contribution in [0.15, 0.2) is 17.3 Å². The normalized spacial score (nSPS) is 18.3. The van der Waals surface area contributed by atoms with Gasteiger partial charge in [-0.2, -0.15) is 0 Å². The molecule has 2 rings (SSSR count). The third kappa shape index (κ3) is 4.43. The van der Waals surface area contributed by atoms with Crippen LogP contribution < -0.4 is 0 Å². The molecule has 0 unspecified atom stereocenters. The van der Waals surface area contributed by atoms with E-state index in [2.05, 4.69) is 35.6 Å². The molecule has 4 heteroatoms. The van der Waals surface area contributed by atoms with E-state index >= 15 is 0 Å². The number of allylic oxidation sites excluding steroid dienone is 1. The second-order valence-electron chi connectivity index (χ2n) is 7.24. The summed E-state index contributed by atoms with van der Waals surface area (Å²) in [6, 6.07) is 0. The lowest BCUT2D eigenvalue weighted by atomic mass is 9.71. The summed E-state index contributed by atoms with van der Waals surface area (Å²) in [6.45, 7) is 11.8. The molecule has 22 heavy (non-hydrogen) atoms. The Morgan fingerprint density at radius 2 is 2.09 bits per heavy atom. The third-order valence-electron chi connectivity index (χ3n) is 4.93. The van der Waals surface area contributed by atoms with Crippen LogP contribution in [0.3, 0.4) is 0 Å². The number of aliphatic hydroxyl groups is 1. The number of nitrogens with one attached hydrogen (secondary N) is 1. The Bertz CT molecular complexity index is 516. The van der Waals surface area contributed by atoms with Crippen molar-refractivity contribution in [2.75, 3.05) is 19.7 Å². The molecular formula is C18H31N3O. The quantitative estimate of drug-likeness (QED) is 0.759. The summed E-state index contributed by atoms with van der Waals surface area (Å²) in [5, 5.41) is 9.33. The highest BCUT2D eigenvalue weighted by atomic mass is 16.3. The number of rotatable bonds is 7. The van der Waals surface area contributed by atoms with Crippen molar-refractivity contribution in [3.63, 3.8) is 0 Å². The van der Waals surface area contributed by atoms with Gasteiger partial charge in [0.2, 0.25) is 0 Å². The number of aryl methyl sites for hydroxylation is 1. The maximum Gasteiger partial charge on any atom is 0.103 e. The number of H-pyrrole nitrogens is 1. The molecule has 1 aromatic rings. The number of imidazole rings is 1. The van der Waals surface area contributed by atoms with Crippen LogP contribution in [-0.2, 0) is 6.54 Å². The first-order valence-corrected chi connectivity index (χ1v) is 8.45. The van der Waals surface area contributed by atoms with E-state index in [1.165, 1.54) is 19.3 Å². The molecule has 1 aliphatic carbocycles. The number of hydrogen-bond acceptors (Lipinski definition) is 3. The minimum atomic E-state index is 0.203. The molecule has 0 amide bonds. The Morgan fingerprint density at radius 3 is 2.68 bits per heavy atom. The monoisotopic (exact) mass is 305 g/mol. The highest BCUT2D eigenvalue weighted by Crippen LogP contribution is 2.41. The molecule has 1 heterocycles. The van der Waals surface area contributed by atoms with Gasteiger partial charge in [-0.05, 0) is 44.9 Å². The number of aromatic amines is 1. The first-order valence-electron chi connectivity index (χ1n) is 8.45. The predicted octanol–water partition coefficient (Wildman–Crippen LogP) is 3.43. The van der Waals surface area contributed by atoms with Gasteiger partial charge in [-0.25, -0.2) is 4.98 Å². The van der Waals surface area contributed by atoms with Gasteiger partial charge >= 0.3 is 0 Å². The fourth-order valence-corrected chi connectivity index (χ4v) is 3.70. The second kappa shape index (κ2) is 7.42. The van der Waals surface area contributed by atoms with E-state index in [0.29, 0.717) is 12.0 Å². The predicted molar refractivity (Wildman–Crippen MR) is 90.6 cm³/mol. The number of aliphatic hydroxyl groups excluding tert-OH is 1. The van der Waals surface area contributed by atoms with E-state index in [9.17, 15) is 5.11 Å². The first kappa shape index (κ1) is 17.2. The third-order valence-corrected chi connectivity index (χ3v) is 4.93. The summed E-state index contributed by atoms with van der Waals surface area (Å²) < 4.78 is 0. The molecule has 0 bridgehead atoms. The number of aromatic nitrogens is 2. The fourth-order valence-electron chi connectivity index (χ4n) is 3.70. The van der Waals surface area contributed by atoms with Crippen molar-refractivity contribution in [2.45, 2.75) is 59.9 Å². The van der Waals surface area contributed by atoms with Crippen LogP contribution in [0, 0.1) is 12.3 Å². The van der Waals surface area contributed by atoms with E-state index in [1.54, 1.807) is 11.1 Å². The van der Waals surface area contributed by atoms with Crippen molar-refractivity contribution < 1.29 is 5.11 Å². The summed E-state index contributed by atoms with van der Waals surface area (Å²) in [5.74, 6) is 0.950. The maximum atomic E-state index is 9.33. The van der Waals surface area contributed by atoms with Crippen molar-refractivity contribution in [1.82, 2.24) is 14.9 Å². The molecule has 0 aromatic carbocycles. The number of nitrogens with zero attached hydrogens (tertiary/aromatic N) is 2. The Labute approximate surface area is 134 Å². The van der Waals surface area contributed by atoms with Crippen molar-refractivity contribution >= 4 is 0 Å². The van der Waals surface area contributed by atoms with Crippen LogP contribution in [0.4, 0.5) is 0 Å². The van der Waals surface area contributed by atoms with Crippen LogP contribution in [0.5, 0.6) is 0 Å². The Hall–Kier alpha value is -1.13. The van der Waals surface area contributed by atoms with Crippen molar-refractivity contribution in [1.29, 1.82) is 0 Å². The zero-order valence-corrected chi connectivity index (χ0v) is 14.6. The summed E-state index contributed by atoms with van der Waals surface area (Å²) in [7, 11) is 0. The van der Waals surface area contributed by atoms with Crippen molar-refractivity contribution in [3.05, 3.63) is 28.9 Å². The maximum absolute atomic E-state index is 9.33. The first-order chi connectivity index (χ1) is 10.4. The van der Waals surface area contributed by atoms with Gasteiger partial charge in [-0.3, -0.25) is 4.90 Å². The molecule has 0 radical (unpaired) electrons. The van der Waals surface area contributed by atoms with E-state index < -0.39 is 0 Å². The molecule has 4 nitrogen and oxygen atoms in total. The van der Waals surface area contributed by atoms with Gasteiger partial charge in [0.25, 0.3) is 0 Å². The molecule has 0 aliphatic heterocycles. The molecule has 1 aliphatic rings. The van der Waals surface area contributed by atoms with Crippen LogP contribution in [0.25, 0.3) is 0 Å². The summed E-state index contributed by atoms with van der Waals surface area (Å²) >= 11 is 0. The molecule has 0 fully saturated rings. The highest BCUT2D eigenvalue weighted by Gasteiger charge is 2.28. The van der Waals surface area contributed by atoms with Gasteiger partial charge < -0.3 is 10.1 Å². The average Bonchev–Trinajstić information content (AvgIpc) is 2.83. The molecular weight excluding hydrogens is 274 g/mol. The van der Waals surface area contributed by atoms with E-state index in [0.717, 1.165) is 31.0 Å². The number of hydrogen-bond donors (Lipinski definition) is 2. The lowest BCUT2D eigenvalue weighted by molar-refractivity contribution is 0.186. The standard InChI is InChI=1S/C18H31N3O/c1-14-6-5-8-18(3,4)17(14)7-9-21(10-11-22)13-16-12-19-15(2)20-16/h12,22H,5-11,13H2,1-4H3,(H,19,20). The molecule has 0 spiro atoms. The zero-order chi connectivity index (χ0) is 16.2. The van der Waals surface area contributed by atoms with Crippen LogP contribution in [-0.4, -0.2) is 39.7 Å². The Kier molecular flexibility index (Phi) is 5.81. The van der Waals surface area contributed by atoms with Gasteiger partial charge in [-0.15, -0.1) is 0 Å². The van der Waals surface area contributed by atoms with Gasteiger partial charge in [0.1, 0.15) is 5.82 Å². The molecule has 0 saturated carbocycles. The molecule has 0 saturated heterocycles. The lowest BCUT2D eigenvalue weighted by Crippen LogP contribution is -2.30. The van der Waals surface area contributed by atoms with Crippen LogP contribution in [0.1, 0.15) is 58.0 Å². The summed E-state index contributed by atoms with van der Waals surface area (Å²) in [5.41, 5.74) is 4.66. The zero-order valence-electron chi connectivity index (χ0n) is 14.6. The van der Waals surface area contributed by atoms with E-state index in [4.69, 9.17) is 0 Å². The average molecular weight is 305 g/mol. The van der Waals surface area contributed by atoms with E-state index in [-0.39, 0.29) is 6.61 Å². The smallest absolute Gasteiger partial charge is 0.103 e. The molecule has 2 N–H and O–H groups in total. The summed E-state index contributed by atoms with van der Waals surface area (Å²) in [4.78, 5) is 9.86. The highest BCUT2D eigenvalue weighted by molar-refractivity contribution is 5.22. The van der Waals surface area contributed by atoms with Crippen LogP contribution >= 0.6 is 0 Å². The fraction of sp³-hybridized carbons (Fsp3) is 0.722. The van der Waals surface area contributed by atoms with Gasteiger partial charge in [0.05, 0.1) is 6.61 Å². The summed E-state index contributed by atoms with van der Waals surface area (Å²) in [6.07, 6.45) is 6.86.